The summed E-state index contributed by atoms with van der Waals surface area (Å²) in [5.74, 6) is 1.77. The molecule has 1 atom stereocenters. The van der Waals surface area contributed by atoms with E-state index in [0.717, 1.165) is 47.9 Å². The van der Waals surface area contributed by atoms with E-state index in [1.807, 2.05) is 30.5 Å². The van der Waals surface area contributed by atoms with Crippen molar-refractivity contribution < 1.29 is 4.74 Å². The number of benzene rings is 1. The van der Waals surface area contributed by atoms with Crippen molar-refractivity contribution in [2.75, 3.05) is 29.9 Å². The maximum atomic E-state index is 5.58. The summed E-state index contributed by atoms with van der Waals surface area (Å²) in [7, 11) is 0. The number of rotatable bonds is 4. The van der Waals surface area contributed by atoms with Gasteiger partial charge in [0, 0.05) is 25.8 Å². The van der Waals surface area contributed by atoms with Gasteiger partial charge in [0.1, 0.15) is 11.6 Å². The standard InChI is InChI=1S/C19H21N5O/c1-14-13-24(8-9-25-14)19-7-6-15(11-22-19)10-21-18-12-20-16-4-2-3-5-17(16)23-18/h2-7,11-12,14H,8-10,13H2,1H3,(H,21,23)/t14-/m1/s1. The van der Waals surface area contributed by atoms with Crippen LogP contribution in [0.25, 0.3) is 11.0 Å². The molecule has 1 aromatic carbocycles. The second-order valence-electron chi connectivity index (χ2n) is 6.25. The highest BCUT2D eigenvalue weighted by atomic mass is 16.5. The fraction of sp³-hybridized carbons (Fsp3) is 0.316. The number of nitrogens with one attached hydrogen (secondary N) is 1. The molecule has 25 heavy (non-hydrogen) atoms. The van der Waals surface area contributed by atoms with Crippen molar-refractivity contribution in [2.24, 2.45) is 0 Å². The number of pyridine rings is 1. The van der Waals surface area contributed by atoms with Gasteiger partial charge < -0.3 is 15.0 Å². The van der Waals surface area contributed by atoms with Crippen molar-refractivity contribution in [1.82, 2.24) is 15.0 Å². The summed E-state index contributed by atoms with van der Waals surface area (Å²) in [4.78, 5) is 15.8. The van der Waals surface area contributed by atoms with Crippen molar-refractivity contribution in [3.8, 4) is 0 Å². The third kappa shape index (κ3) is 3.69. The summed E-state index contributed by atoms with van der Waals surface area (Å²) in [5, 5.41) is 3.31. The first-order chi connectivity index (χ1) is 12.3. The normalized spacial score (nSPS) is 17.6. The Morgan fingerprint density at radius 3 is 2.80 bits per heavy atom. The number of hydrogen-bond acceptors (Lipinski definition) is 6. The maximum absolute atomic E-state index is 5.58. The van der Waals surface area contributed by atoms with Gasteiger partial charge in [-0.15, -0.1) is 0 Å². The molecule has 0 amide bonds. The molecule has 4 rings (SSSR count). The largest absolute Gasteiger partial charge is 0.375 e. The number of para-hydroxylation sites is 2. The first kappa shape index (κ1) is 15.8. The number of aromatic nitrogens is 3. The molecule has 0 aliphatic carbocycles. The minimum absolute atomic E-state index is 0.253. The van der Waals surface area contributed by atoms with E-state index in [4.69, 9.17) is 4.74 Å². The molecule has 1 aliphatic rings. The molecule has 0 unspecified atom stereocenters. The van der Waals surface area contributed by atoms with Crippen molar-refractivity contribution in [3.05, 3.63) is 54.4 Å². The Kier molecular flexibility index (Phi) is 4.43. The first-order valence-corrected chi connectivity index (χ1v) is 8.55. The number of morpholine rings is 1. The number of fused-ring (bicyclic) bond motifs is 1. The Bertz CT molecular complexity index is 852. The lowest BCUT2D eigenvalue weighted by Gasteiger charge is -2.32. The second-order valence-corrected chi connectivity index (χ2v) is 6.25. The van der Waals surface area contributed by atoms with Crippen LogP contribution in [-0.4, -0.2) is 40.8 Å². The van der Waals surface area contributed by atoms with Crippen LogP contribution in [0.5, 0.6) is 0 Å². The van der Waals surface area contributed by atoms with Gasteiger partial charge in [-0.2, -0.15) is 0 Å². The molecule has 1 saturated heterocycles. The molecule has 128 valence electrons. The van der Waals surface area contributed by atoms with E-state index in [1.165, 1.54) is 0 Å². The van der Waals surface area contributed by atoms with Gasteiger partial charge in [-0.25, -0.2) is 9.97 Å². The van der Waals surface area contributed by atoms with Crippen LogP contribution in [0.2, 0.25) is 0 Å². The molecule has 6 heteroatoms. The molecule has 0 spiro atoms. The molecule has 0 radical (unpaired) electrons. The molecule has 2 aromatic heterocycles. The van der Waals surface area contributed by atoms with Crippen LogP contribution in [0, 0.1) is 0 Å². The predicted molar refractivity (Wildman–Crippen MR) is 98.7 cm³/mol. The van der Waals surface area contributed by atoms with E-state index in [2.05, 4.69) is 44.2 Å². The van der Waals surface area contributed by atoms with E-state index in [0.29, 0.717) is 6.54 Å². The van der Waals surface area contributed by atoms with Gasteiger partial charge in [0.2, 0.25) is 0 Å². The van der Waals surface area contributed by atoms with Gasteiger partial charge in [-0.05, 0) is 30.7 Å². The van der Waals surface area contributed by atoms with Crippen molar-refractivity contribution >= 4 is 22.7 Å². The van der Waals surface area contributed by atoms with E-state index in [-0.39, 0.29) is 6.10 Å². The fourth-order valence-corrected chi connectivity index (χ4v) is 2.97. The lowest BCUT2D eigenvalue weighted by molar-refractivity contribution is 0.0529. The molecule has 3 heterocycles. The average Bonchev–Trinajstić information content (AvgIpc) is 2.66. The van der Waals surface area contributed by atoms with Gasteiger partial charge in [0.25, 0.3) is 0 Å². The topological polar surface area (TPSA) is 63.2 Å². The summed E-state index contributed by atoms with van der Waals surface area (Å²) in [6.07, 6.45) is 3.93. The Morgan fingerprint density at radius 2 is 2.00 bits per heavy atom. The van der Waals surface area contributed by atoms with Gasteiger partial charge in [-0.1, -0.05) is 18.2 Å². The molecule has 1 N–H and O–H groups in total. The number of anilines is 2. The van der Waals surface area contributed by atoms with E-state index in [9.17, 15) is 0 Å². The minimum Gasteiger partial charge on any atom is -0.375 e. The number of nitrogens with zero attached hydrogens (tertiary/aromatic N) is 4. The maximum Gasteiger partial charge on any atom is 0.145 e. The van der Waals surface area contributed by atoms with Crippen LogP contribution < -0.4 is 10.2 Å². The van der Waals surface area contributed by atoms with Gasteiger partial charge in [0.15, 0.2) is 0 Å². The van der Waals surface area contributed by atoms with Gasteiger partial charge in [0.05, 0.1) is 29.9 Å². The molecular formula is C19H21N5O. The SMILES string of the molecule is C[C@@H]1CN(c2ccc(CNc3cnc4ccccc4n3)cn2)CCO1. The third-order valence-corrected chi connectivity index (χ3v) is 4.30. The molecule has 0 saturated carbocycles. The third-order valence-electron chi connectivity index (χ3n) is 4.30. The molecule has 0 bridgehead atoms. The fourth-order valence-electron chi connectivity index (χ4n) is 2.97. The summed E-state index contributed by atoms with van der Waals surface area (Å²) in [5.41, 5.74) is 2.90. The highest BCUT2D eigenvalue weighted by Crippen LogP contribution is 2.16. The summed E-state index contributed by atoms with van der Waals surface area (Å²) >= 11 is 0. The van der Waals surface area contributed by atoms with Crippen LogP contribution in [0.1, 0.15) is 12.5 Å². The van der Waals surface area contributed by atoms with Crippen molar-refractivity contribution in [3.63, 3.8) is 0 Å². The van der Waals surface area contributed by atoms with Crippen LogP contribution in [-0.2, 0) is 11.3 Å². The van der Waals surface area contributed by atoms with Crippen molar-refractivity contribution in [1.29, 1.82) is 0 Å². The zero-order valence-corrected chi connectivity index (χ0v) is 14.2. The Hall–Kier alpha value is -2.73. The molecular weight excluding hydrogens is 314 g/mol. The zero-order chi connectivity index (χ0) is 17.1. The van der Waals surface area contributed by atoms with Crippen LogP contribution in [0.3, 0.4) is 0 Å². The predicted octanol–water partition coefficient (Wildman–Crippen LogP) is 2.86. The van der Waals surface area contributed by atoms with Crippen LogP contribution in [0.15, 0.2) is 48.8 Å². The van der Waals surface area contributed by atoms with Crippen molar-refractivity contribution in [2.45, 2.75) is 19.6 Å². The number of hydrogen-bond donors (Lipinski definition) is 1. The monoisotopic (exact) mass is 335 g/mol. The van der Waals surface area contributed by atoms with Gasteiger partial charge >= 0.3 is 0 Å². The van der Waals surface area contributed by atoms with Crippen LogP contribution >= 0.6 is 0 Å². The lowest BCUT2D eigenvalue weighted by Crippen LogP contribution is -2.41. The Labute approximate surface area is 146 Å². The molecule has 6 nitrogen and oxygen atoms in total. The van der Waals surface area contributed by atoms with E-state index >= 15 is 0 Å². The Balaban J connectivity index is 1.40. The summed E-state index contributed by atoms with van der Waals surface area (Å²) in [6.45, 7) is 5.29. The molecule has 1 aliphatic heterocycles. The summed E-state index contributed by atoms with van der Waals surface area (Å²) in [6, 6.07) is 12.0. The Morgan fingerprint density at radius 1 is 1.12 bits per heavy atom. The van der Waals surface area contributed by atoms with Gasteiger partial charge in [-0.3, -0.25) is 4.98 Å². The average molecular weight is 335 g/mol. The van der Waals surface area contributed by atoms with E-state index in [1.54, 1.807) is 6.20 Å². The lowest BCUT2D eigenvalue weighted by atomic mass is 10.2. The quantitative estimate of drug-likeness (QED) is 0.791. The van der Waals surface area contributed by atoms with E-state index < -0.39 is 0 Å². The molecule has 1 fully saturated rings. The highest BCUT2D eigenvalue weighted by molar-refractivity contribution is 5.75. The second kappa shape index (κ2) is 7.03. The smallest absolute Gasteiger partial charge is 0.145 e. The highest BCUT2D eigenvalue weighted by Gasteiger charge is 2.17. The summed E-state index contributed by atoms with van der Waals surface area (Å²) < 4.78 is 5.58. The number of ether oxygens (including phenoxy) is 1. The molecule has 3 aromatic rings. The minimum atomic E-state index is 0.253. The van der Waals surface area contributed by atoms with Crippen LogP contribution in [0.4, 0.5) is 11.6 Å². The zero-order valence-electron chi connectivity index (χ0n) is 14.2. The first-order valence-electron chi connectivity index (χ1n) is 8.55.